The van der Waals surface area contributed by atoms with E-state index in [2.05, 4.69) is 10.2 Å². The van der Waals surface area contributed by atoms with E-state index in [0.29, 0.717) is 45.9 Å². The molecule has 1 amide bonds. The number of hydrogen-bond acceptors (Lipinski definition) is 4. The van der Waals surface area contributed by atoms with Gasteiger partial charge in [-0.1, -0.05) is 12.1 Å². The van der Waals surface area contributed by atoms with Crippen LogP contribution in [0.2, 0.25) is 0 Å². The predicted molar refractivity (Wildman–Crippen MR) is 90.5 cm³/mol. The summed E-state index contributed by atoms with van der Waals surface area (Å²) in [7, 11) is 0. The van der Waals surface area contributed by atoms with E-state index in [1.54, 1.807) is 0 Å². The first kappa shape index (κ1) is 19.1. The normalized spacial score (nSPS) is 22.9. The second kappa shape index (κ2) is 8.37. The number of benzene rings is 1. The van der Waals surface area contributed by atoms with E-state index >= 15 is 0 Å². The maximum Gasteiger partial charge on any atom is 0.416 e. The number of nitrogens with zero attached hydrogens (tertiary/aromatic N) is 2. The average molecular weight is 371 g/mol. The lowest BCUT2D eigenvalue weighted by Crippen LogP contribution is -2.53. The van der Waals surface area contributed by atoms with Crippen molar-refractivity contribution in [3.05, 3.63) is 35.4 Å². The number of carbonyl (C=O) groups is 1. The van der Waals surface area contributed by atoms with Crippen molar-refractivity contribution in [2.24, 2.45) is 0 Å². The van der Waals surface area contributed by atoms with E-state index in [9.17, 15) is 18.0 Å². The van der Waals surface area contributed by atoms with Crippen LogP contribution in [0.25, 0.3) is 0 Å². The quantitative estimate of drug-likeness (QED) is 0.879. The van der Waals surface area contributed by atoms with E-state index < -0.39 is 11.7 Å². The van der Waals surface area contributed by atoms with E-state index in [0.717, 1.165) is 30.7 Å². The van der Waals surface area contributed by atoms with Gasteiger partial charge in [0.1, 0.15) is 6.04 Å². The molecule has 1 unspecified atom stereocenters. The highest BCUT2D eigenvalue weighted by molar-refractivity contribution is 5.82. The average Bonchev–Trinajstić information content (AvgIpc) is 2.87. The summed E-state index contributed by atoms with van der Waals surface area (Å²) in [4.78, 5) is 16.6. The molecule has 26 heavy (non-hydrogen) atoms. The van der Waals surface area contributed by atoms with Gasteiger partial charge in [0.05, 0.1) is 18.8 Å². The Bertz CT molecular complexity index is 601. The molecular weight excluding hydrogens is 347 g/mol. The van der Waals surface area contributed by atoms with Crippen LogP contribution in [0.15, 0.2) is 24.3 Å². The zero-order chi connectivity index (χ0) is 18.6. The van der Waals surface area contributed by atoms with Gasteiger partial charge in [-0.05, 0) is 24.1 Å². The molecule has 2 fully saturated rings. The molecule has 2 aliphatic rings. The summed E-state index contributed by atoms with van der Waals surface area (Å²) >= 11 is 0. The second-order valence-corrected chi connectivity index (χ2v) is 6.73. The fourth-order valence-electron chi connectivity index (χ4n) is 3.35. The zero-order valence-corrected chi connectivity index (χ0v) is 14.6. The van der Waals surface area contributed by atoms with Crippen LogP contribution >= 0.6 is 0 Å². The molecule has 0 aromatic heterocycles. The summed E-state index contributed by atoms with van der Waals surface area (Å²) in [5.74, 6) is 0.0704. The summed E-state index contributed by atoms with van der Waals surface area (Å²) in [6.45, 7) is 5.16. The summed E-state index contributed by atoms with van der Waals surface area (Å²) in [5.41, 5.74) is 0.219. The largest absolute Gasteiger partial charge is 0.416 e. The van der Waals surface area contributed by atoms with Crippen LogP contribution in [0.4, 0.5) is 13.2 Å². The van der Waals surface area contributed by atoms with Gasteiger partial charge < -0.3 is 15.0 Å². The van der Waals surface area contributed by atoms with Crippen molar-refractivity contribution in [3.8, 4) is 0 Å². The molecule has 2 aliphatic heterocycles. The highest BCUT2D eigenvalue weighted by atomic mass is 19.4. The fourth-order valence-corrected chi connectivity index (χ4v) is 3.35. The molecule has 0 bridgehead atoms. The number of morpholine rings is 1. The van der Waals surface area contributed by atoms with Crippen LogP contribution in [0.3, 0.4) is 0 Å². The summed E-state index contributed by atoms with van der Waals surface area (Å²) in [6.07, 6.45) is -3.46. The molecule has 0 saturated carbocycles. The first-order chi connectivity index (χ1) is 12.4. The highest BCUT2D eigenvalue weighted by Crippen LogP contribution is 2.29. The number of carbonyl (C=O) groups excluding carboxylic acids is 1. The first-order valence-corrected chi connectivity index (χ1v) is 8.92. The first-order valence-electron chi connectivity index (χ1n) is 8.92. The molecule has 1 atom stereocenters. The van der Waals surface area contributed by atoms with Crippen LogP contribution in [0.5, 0.6) is 0 Å². The Morgan fingerprint density at radius 2 is 1.92 bits per heavy atom. The Hall–Kier alpha value is -1.64. The lowest BCUT2D eigenvalue weighted by Gasteiger charge is -2.29. The maximum atomic E-state index is 12.6. The molecule has 0 aliphatic carbocycles. The Morgan fingerprint density at radius 3 is 2.58 bits per heavy atom. The van der Waals surface area contributed by atoms with Gasteiger partial charge in [0, 0.05) is 39.3 Å². The highest BCUT2D eigenvalue weighted by Gasteiger charge is 2.30. The maximum absolute atomic E-state index is 12.6. The molecular formula is C18H24F3N3O2. The Kier molecular flexibility index (Phi) is 6.16. The smallest absolute Gasteiger partial charge is 0.378 e. The Balaban J connectivity index is 1.52. The van der Waals surface area contributed by atoms with Crippen molar-refractivity contribution in [1.29, 1.82) is 0 Å². The molecule has 1 N–H and O–H groups in total. The van der Waals surface area contributed by atoms with Gasteiger partial charge in [0.15, 0.2) is 0 Å². The van der Waals surface area contributed by atoms with Gasteiger partial charge in [-0.15, -0.1) is 0 Å². The van der Waals surface area contributed by atoms with E-state index in [4.69, 9.17) is 4.74 Å². The van der Waals surface area contributed by atoms with Crippen LogP contribution < -0.4 is 5.32 Å². The molecule has 144 valence electrons. The third kappa shape index (κ3) is 4.96. The van der Waals surface area contributed by atoms with Crippen LogP contribution in [-0.4, -0.2) is 67.7 Å². The van der Waals surface area contributed by atoms with E-state index in [-0.39, 0.29) is 11.9 Å². The predicted octanol–water partition coefficient (Wildman–Crippen LogP) is 1.73. The van der Waals surface area contributed by atoms with Gasteiger partial charge in [-0.25, -0.2) is 0 Å². The monoisotopic (exact) mass is 371 g/mol. The second-order valence-electron chi connectivity index (χ2n) is 6.73. The standard InChI is InChI=1S/C18H24F3N3O2/c19-18(20,21)15-4-2-14(3-5-15)12-23-7-1-8-24(10-9-23)17(25)16-13-26-11-6-22-16/h2-5,16,22H,1,6-13H2. The summed E-state index contributed by atoms with van der Waals surface area (Å²) < 4.78 is 43.3. The number of alkyl halides is 3. The molecule has 0 radical (unpaired) electrons. The number of amides is 1. The van der Waals surface area contributed by atoms with Crippen molar-refractivity contribution in [3.63, 3.8) is 0 Å². The van der Waals surface area contributed by atoms with E-state index in [1.807, 2.05) is 4.90 Å². The van der Waals surface area contributed by atoms with Gasteiger partial charge in [-0.3, -0.25) is 9.69 Å². The summed E-state index contributed by atoms with van der Waals surface area (Å²) in [6, 6.07) is 5.03. The topological polar surface area (TPSA) is 44.8 Å². The van der Waals surface area contributed by atoms with Gasteiger partial charge in [0.25, 0.3) is 0 Å². The molecule has 2 saturated heterocycles. The lowest BCUT2D eigenvalue weighted by molar-refractivity contribution is -0.137. The number of rotatable bonds is 3. The van der Waals surface area contributed by atoms with Crippen molar-refractivity contribution >= 4 is 5.91 Å². The van der Waals surface area contributed by atoms with Crippen LogP contribution in [0.1, 0.15) is 17.5 Å². The van der Waals surface area contributed by atoms with Crippen molar-refractivity contribution in [2.45, 2.75) is 25.2 Å². The number of ether oxygens (including phenoxy) is 1. The SMILES string of the molecule is O=C(C1COCCN1)N1CCCN(Cc2ccc(C(F)(F)F)cc2)CC1. The third-order valence-electron chi connectivity index (χ3n) is 4.81. The Morgan fingerprint density at radius 1 is 1.15 bits per heavy atom. The minimum atomic E-state index is -4.31. The van der Waals surface area contributed by atoms with Gasteiger partial charge in [-0.2, -0.15) is 13.2 Å². The molecule has 8 heteroatoms. The minimum absolute atomic E-state index is 0.0704. The van der Waals surface area contributed by atoms with Crippen LogP contribution in [-0.2, 0) is 22.3 Å². The number of nitrogens with one attached hydrogen (secondary N) is 1. The zero-order valence-electron chi connectivity index (χ0n) is 14.6. The molecule has 1 aromatic carbocycles. The third-order valence-corrected chi connectivity index (χ3v) is 4.81. The van der Waals surface area contributed by atoms with Crippen molar-refractivity contribution in [2.75, 3.05) is 45.9 Å². The number of halogens is 3. The fraction of sp³-hybridized carbons (Fsp3) is 0.611. The lowest BCUT2D eigenvalue weighted by atomic mass is 10.1. The molecule has 5 nitrogen and oxygen atoms in total. The molecule has 2 heterocycles. The molecule has 1 aromatic rings. The Labute approximate surface area is 151 Å². The van der Waals surface area contributed by atoms with Crippen molar-refractivity contribution in [1.82, 2.24) is 15.1 Å². The number of hydrogen-bond donors (Lipinski definition) is 1. The van der Waals surface area contributed by atoms with Gasteiger partial charge >= 0.3 is 6.18 Å². The minimum Gasteiger partial charge on any atom is -0.378 e. The van der Waals surface area contributed by atoms with E-state index in [1.165, 1.54) is 12.1 Å². The van der Waals surface area contributed by atoms with Gasteiger partial charge in [0.2, 0.25) is 5.91 Å². The van der Waals surface area contributed by atoms with Crippen molar-refractivity contribution < 1.29 is 22.7 Å². The molecule has 0 spiro atoms. The molecule has 3 rings (SSSR count). The van der Waals surface area contributed by atoms with Crippen LogP contribution in [0, 0.1) is 0 Å². The summed E-state index contributed by atoms with van der Waals surface area (Å²) in [5, 5.41) is 3.18.